The van der Waals surface area contributed by atoms with Gasteiger partial charge < -0.3 is 9.47 Å². The zero-order valence-electron chi connectivity index (χ0n) is 9.45. The molecule has 0 bridgehead atoms. The molecule has 2 rings (SSSR count). The molecule has 0 N–H and O–H groups in total. The quantitative estimate of drug-likeness (QED) is 0.529. The van der Waals surface area contributed by atoms with Gasteiger partial charge in [-0.1, -0.05) is 6.58 Å². The largest absolute Gasteiger partial charge is 0.458 e. The smallest absolute Gasteiger partial charge is 0.333 e. The van der Waals surface area contributed by atoms with Crippen molar-refractivity contribution in [1.29, 1.82) is 0 Å². The van der Waals surface area contributed by atoms with Crippen LogP contribution in [0.2, 0.25) is 0 Å². The van der Waals surface area contributed by atoms with Crippen LogP contribution in [0.5, 0.6) is 0 Å². The van der Waals surface area contributed by atoms with Gasteiger partial charge in [0.2, 0.25) is 0 Å². The highest BCUT2D eigenvalue weighted by molar-refractivity contribution is 5.88. The first-order chi connectivity index (χ1) is 7.53. The molecular weight excluding hydrogens is 208 g/mol. The summed E-state index contributed by atoms with van der Waals surface area (Å²) in [5, 5.41) is 0. The van der Waals surface area contributed by atoms with E-state index < -0.39 is 11.6 Å². The monoisotopic (exact) mass is 224 g/mol. The summed E-state index contributed by atoms with van der Waals surface area (Å²) in [7, 11) is 0. The molecule has 0 radical (unpaired) electrons. The van der Waals surface area contributed by atoms with Gasteiger partial charge in [-0.25, -0.2) is 4.79 Å². The Morgan fingerprint density at radius 1 is 1.56 bits per heavy atom. The highest BCUT2D eigenvalue weighted by atomic mass is 16.6. The fourth-order valence-electron chi connectivity index (χ4n) is 2.42. The first-order valence-electron chi connectivity index (χ1n) is 5.62. The Labute approximate surface area is 94.6 Å². The fraction of sp³-hybridized carbons (Fsp3) is 0.667. The summed E-state index contributed by atoms with van der Waals surface area (Å²) in [6.07, 6.45) is 3.42. The molecule has 4 nitrogen and oxygen atoms in total. The Kier molecular flexibility index (Phi) is 2.74. The van der Waals surface area contributed by atoms with Crippen molar-refractivity contribution in [3.8, 4) is 0 Å². The topological polar surface area (TPSA) is 52.6 Å². The molecule has 1 aliphatic heterocycles. The molecule has 16 heavy (non-hydrogen) atoms. The predicted molar refractivity (Wildman–Crippen MR) is 56.6 cm³/mol. The first kappa shape index (κ1) is 11.2. The van der Waals surface area contributed by atoms with Crippen molar-refractivity contribution < 1.29 is 19.1 Å². The van der Waals surface area contributed by atoms with Crippen LogP contribution in [0.4, 0.5) is 0 Å². The van der Waals surface area contributed by atoms with Crippen molar-refractivity contribution in [3.63, 3.8) is 0 Å². The van der Waals surface area contributed by atoms with Crippen LogP contribution in [0.15, 0.2) is 12.2 Å². The van der Waals surface area contributed by atoms with Gasteiger partial charge in [0, 0.05) is 5.57 Å². The van der Waals surface area contributed by atoms with Crippen molar-refractivity contribution in [2.45, 2.75) is 50.7 Å². The average molecular weight is 224 g/mol. The van der Waals surface area contributed by atoms with Crippen LogP contribution in [0.1, 0.15) is 39.0 Å². The second kappa shape index (κ2) is 3.92. The molecule has 2 fully saturated rings. The van der Waals surface area contributed by atoms with Gasteiger partial charge in [0.15, 0.2) is 5.60 Å². The van der Waals surface area contributed by atoms with Crippen molar-refractivity contribution in [3.05, 3.63) is 12.2 Å². The van der Waals surface area contributed by atoms with Gasteiger partial charge >= 0.3 is 11.9 Å². The second-order valence-electron chi connectivity index (χ2n) is 4.64. The van der Waals surface area contributed by atoms with E-state index in [1.54, 1.807) is 6.92 Å². The summed E-state index contributed by atoms with van der Waals surface area (Å²) in [4.78, 5) is 22.9. The van der Waals surface area contributed by atoms with E-state index in [9.17, 15) is 9.59 Å². The lowest BCUT2D eigenvalue weighted by Crippen LogP contribution is -2.45. The van der Waals surface area contributed by atoms with Crippen LogP contribution in [0.3, 0.4) is 0 Å². The number of fused-ring (bicyclic) bond motifs is 1. The normalized spacial score (nSPS) is 32.8. The summed E-state index contributed by atoms with van der Waals surface area (Å²) in [5.74, 6) is -0.688. The first-order valence-corrected chi connectivity index (χ1v) is 5.62. The summed E-state index contributed by atoms with van der Waals surface area (Å²) in [6, 6.07) is 0. The van der Waals surface area contributed by atoms with Gasteiger partial charge in [0.05, 0.1) is 6.42 Å². The molecule has 1 heterocycles. The van der Waals surface area contributed by atoms with Crippen molar-refractivity contribution in [1.82, 2.24) is 0 Å². The lowest BCUT2D eigenvalue weighted by atomic mass is 9.81. The molecule has 4 heteroatoms. The number of rotatable bonds is 2. The predicted octanol–water partition coefficient (Wildman–Crippen LogP) is 1.73. The maximum Gasteiger partial charge on any atom is 0.333 e. The highest BCUT2D eigenvalue weighted by Gasteiger charge is 2.53. The maximum atomic E-state index is 11.6. The van der Waals surface area contributed by atoms with Gasteiger partial charge in [-0.15, -0.1) is 0 Å². The Balaban J connectivity index is 2.16. The van der Waals surface area contributed by atoms with Crippen LogP contribution < -0.4 is 0 Å². The van der Waals surface area contributed by atoms with E-state index in [1.165, 1.54) is 0 Å². The molecule has 2 aliphatic rings. The summed E-state index contributed by atoms with van der Waals surface area (Å²) >= 11 is 0. The van der Waals surface area contributed by atoms with Crippen LogP contribution in [-0.2, 0) is 19.1 Å². The molecular formula is C12H16O4. The summed E-state index contributed by atoms with van der Waals surface area (Å²) < 4.78 is 10.7. The van der Waals surface area contributed by atoms with Crippen molar-refractivity contribution in [2.75, 3.05) is 0 Å². The number of ether oxygens (including phenoxy) is 2. The average Bonchev–Trinajstić information content (AvgIpc) is 2.53. The molecule has 0 aromatic heterocycles. The number of carbonyl (C=O) groups excluding carboxylic acids is 2. The number of hydrogen-bond donors (Lipinski definition) is 0. The third kappa shape index (κ3) is 1.84. The minimum atomic E-state index is -0.717. The van der Waals surface area contributed by atoms with Crippen LogP contribution in [-0.4, -0.2) is 23.6 Å². The Morgan fingerprint density at radius 3 is 3.00 bits per heavy atom. The van der Waals surface area contributed by atoms with Crippen LogP contribution in [0, 0.1) is 0 Å². The van der Waals surface area contributed by atoms with E-state index in [4.69, 9.17) is 9.47 Å². The summed E-state index contributed by atoms with van der Waals surface area (Å²) in [6.45, 7) is 5.16. The lowest BCUT2D eigenvalue weighted by Gasteiger charge is -2.35. The molecule has 88 valence electrons. The van der Waals surface area contributed by atoms with Crippen LogP contribution in [0.25, 0.3) is 0 Å². The van der Waals surface area contributed by atoms with E-state index in [0.29, 0.717) is 12.0 Å². The molecule has 2 unspecified atom stereocenters. The second-order valence-corrected chi connectivity index (χ2v) is 4.64. The van der Waals surface area contributed by atoms with E-state index in [2.05, 4.69) is 6.58 Å². The molecule has 0 aromatic rings. The molecule has 1 saturated heterocycles. The number of esters is 2. The van der Waals surface area contributed by atoms with E-state index >= 15 is 0 Å². The third-order valence-electron chi connectivity index (χ3n) is 3.26. The van der Waals surface area contributed by atoms with Crippen LogP contribution >= 0.6 is 0 Å². The molecule has 0 amide bonds. The van der Waals surface area contributed by atoms with E-state index in [0.717, 1.165) is 19.3 Å². The Morgan fingerprint density at radius 2 is 2.31 bits per heavy atom. The molecule has 0 aromatic carbocycles. The molecule has 2 atom stereocenters. The minimum absolute atomic E-state index is 0.191. The Bertz CT molecular complexity index is 347. The van der Waals surface area contributed by atoms with E-state index in [1.807, 2.05) is 0 Å². The minimum Gasteiger partial charge on any atom is -0.458 e. The number of carbonyl (C=O) groups is 2. The molecule has 0 spiro atoms. The van der Waals surface area contributed by atoms with Gasteiger partial charge in [-0.3, -0.25) is 4.79 Å². The zero-order valence-corrected chi connectivity index (χ0v) is 9.45. The van der Waals surface area contributed by atoms with Gasteiger partial charge in [-0.05, 0) is 32.6 Å². The fourth-order valence-corrected chi connectivity index (χ4v) is 2.42. The van der Waals surface area contributed by atoms with Gasteiger partial charge in [-0.2, -0.15) is 0 Å². The molecule has 1 saturated carbocycles. The van der Waals surface area contributed by atoms with E-state index in [-0.39, 0.29) is 18.5 Å². The summed E-state index contributed by atoms with van der Waals surface area (Å²) in [5.41, 5.74) is -0.358. The molecule has 1 aliphatic carbocycles. The number of hydrogen-bond acceptors (Lipinski definition) is 4. The Hall–Kier alpha value is -1.32. The van der Waals surface area contributed by atoms with Gasteiger partial charge in [0.25, 0.3) is 0 Å². The van der Waals surface area contributed by atoms with Crippen molar-refractivity contribution >= 4 is 11.9 Å². The van der Waals surface area contributed by atoms with Crippen molar-refractivity contribution in [2.24, 2.45) is 0 Å². The lowest BCUT2D eigenvalue weighted by molar-refractivity contribution is -0.166. The highest BCUT2D eigenvalue weighted by Crippen LogP contribution is 2.42. The standard InChI is InChI=1S/C12H16O4/c1-8(2)11(14)16-12-6-4-3-5-9(12)15-10(13)7-12/h9H,1,3-7H2,2H3. The third-order valence-corrected chi connectivity index (χ3v) is 3.26. The zero-order chi connectivity index (χ0) is 11.8. The maximum absolute atomic E-state index is 11.6. The SMILES string of the molecule is C=C(C)C(=O)OC12CCCCC1OC(=O)C2. The van der Waals surface area contributed by atoms with Gasteiger partial charge in [0.1, 0.15) is 6.10 Å².